The third kappa shape index (κ3) is 4.83. The quantitative estimate of drug-likeness (QED) is 0.306. The lowest BCUT2D eigenvalue weighted by atomic mass is 9.93. The highest BCUT2D eigenvalue weighted by atomic mass is 16.5. The summed E-state index contributed by atoms with van der Waals surface area (Å²) in [6.07, 6.45) is 2.54. The minimum Gasteiger partial charge on any atom is -0.508 e. The van der Waals surface area contributed by atoms with Gasteiger partial charge in [0.2, 0.25) is 0 Å². The highest BCUT2D eigenvalue weighted by molar-refractivity contribution is 6.13. The molecule has 0 spiro atoms. The van der Waals surface area contributed by atoms with E-state index in [2.05, 4.69) is 6.07 Å². The molecule has 1 N–H and O–H groups in total. The highest BCUT2D eigenvalue weighted by Crippen LogP contribution is 2.41. The van der Waals surface area contributed by atoms with E-state index in [1.54, 1.807) is 28.6 Å². The van der Waals surface area contributed by atoms with Gasteiger partial charge in [0.1, 0.15) is 23.3 Å². The van der Waals surface area contributed by atoms with E-state index in [1.165, 1.54) is 12.1 Å². The van der Waals surface area contributed by atoms with Crippen LogP contribution in [-0.2, 0) is 14.1 Å². The second-order valence-electron chi connectivity index (χ2n) is 11.5. The van der Waals surface area contributed by atoms with Crippen LogP contribution in [0.4, 0.5) is 11.4 Å². The molecule has 43 heavy (non-hydrogen) atoms. The number of piperidine rings is 1. The molecule has 5 heterocycles. The largest absolute Gasteiger partial charge is 0.508 e. The van der Waals surface area contributed by atoms with Gasteiger partial charge in [-0.2, -0.15) is 5.26 Å². The third-order valence-electron chi connectivity index (χ3n) is 9.14. The number of carbonyl (C=O) groups is 2. The lowest BCUT2D eigenvalue weighted by Crippen LogP contribution is -2.39. The summed E-state index contributed by atoms with van der Waals surface area (Å²) in [6.45, 7) is 5.49. The van der Waals surface area contributed by atoms with Crippen molar-refractivity contribution in [1.82, 2.24) is 14.0 Å². The van der Waals surface area contributed by atoms with E-state index in [4.69, 9.17) is 4.74 Å². The summed E-state index contributed by atoms with van der Waals surface area (Å²) in [4.78, 5) is 32.0. The molecule has 0 radical (unpaired) electrons. The number of nitriles is 1. The molecule has 9 nitrogen and oxygen atoms in total. The van der Waals surface area contributed by atoms with Crippen molar-refractivity contribution in [1.29, 1.82) is 5.26 Å². The van der Waals surface area contributed by atoms with Crippen LogP contribution in [0.15, 0.2) is 54.6 Å². The predicted molar refractivity (Wildman–Crippen MR) is 164 cm³/mol. The Labute approximate surface area is 251 Å². The fraction of sp³-hybridized carbons (Fsp3) is 0.324. The SMILES string of the molecule is Cc1c(N2C(=O)c3cc(n(C)c3C)-c3ccccc3C(=O)N3CCC(CCOc4cc(O)ccc42)CC3)cc(C#N)n1C. The molecule has 3 aliphatic heterocycles. The summed E-state index contributed by atoms with van der Waals surface area (Å²) in [5.41, 5.74) is 5.48. The molecule has 3 aliphatic rings. The Kier molecular flexibility index (Phi) is 7.22. The van der Waals surface area contributed by atoms with Crippen molar-refractivity contribution in [3.05, 3.63) is 82.8 Å². The average Bonchev–Trinajstić information content (AvgIpc) is 3.47. The van der Waals surface area contributed by atoms with Crippen molar-refractivity contribution in [2.24, 2.45) is 20.0 Å². The van der Waals surface area contributed by atoms with Crippen LogP contribution in [-0.4, -0.2) is 50.7 Å². The lowest BCUT2D eigenvalue weighted by molar-refractivity contribution is 0.0680. The van der Waals surface area contributed by atoms with Crippen LogP contribution in [0.3, 0.4) is 0 Å². The summed E-state index contributed by atoms with van der Waals surface area (Å²) < 4.78 is 9.99. The number of fused-ring (bicyclic) bond motifs is 5. The molecule has 7 rings (SSSR count). The van der Waals surface area contributed by atoms with E-state index in [9.17, 15) is 20.0 Å². The number of nitrogens with zero attached hydrogens (tertiary/aromatic N) is 5. The predicted octanol–water partition coefficient (Wildman–Crippen LogP) is 5.84. The molecular weight excluding hydrogens is 542 g/mol. The first-order valence-electron chi connectivity index (χ1n) is 14.6. The van der Waals surface area contributed by atoms with Gasteiger partial charge in [0, 0.05) is 61.5 Å². The van der Waals surface area contributed by atoms with Crippen LogP contribution < -0.4 is 9.64 Å². The van der Waals surface area contributed by atoms with E-state index in [-0.39, 0.29) is 17.6 Å². The Morgan fingerprint density at radius 3 is 2.26 bits per heavy atom. The molecule has 4 bridgehead atoms. The van der Waals surface area contributed by atoms with Gasteiger partial charge in [-0.1, -0.05) is 18.2 Å². The maximum atomic E-state index is 14.7. The van der Waals surface area contributed by atoms with Gasteiger partial charge in [0.25, 0.3) is 11.8 Å². The smallest absolute Gasteiger partial charge is 0.264 e. The summed E-state index contributed by atoms with van der Waals surface area (Å²) in [6, 6.07) is 18.1. The van der Waals surface area contributed by atoms with Gasteiger partial charge in [0.05, 0.1) is 23.5 Å². The van der Waals surface area contributed by atoms with Crippen LogP contribution in [0, 0.1) is 31.1 Å². The summed E-state index contributed by atoms with van der Waals surface area (Å²) in [5, 5.41) is 20.2. The molecule has 0 atom stereocenters. The number of anilines is 2. The van der Waals surface area contributed by atoms with Crippen LogP contribution in [0.1, 0.15) is 57.1 Å². The molecular formula is C34H35N5O4. The van der Waals surface area contributed by atoms with Crippen molar-refractivity contribution < 1.29 is 19.4 Å². The molecule has 4 aromatic rings. The Morgan fingerprint density at radius 1 is 0.837 bits per heavy atom. The Balaban J connectivity index is 1.59. The van der Waals surface area contributed by atoms with E-state index in [0.717, 1.165) is 41.9 Å². The molecule has 1 saturated heterocycles. The second-order valence-corrected chi connectivity index (χ2v) is 11.5. The van der Waals surface area contributed by atoms with Crippen LogP contribution in [0.5, 0.6) is 11.5 Å². The molecule has 220 valence electrons. The number of rotatable bonds is 1. The van der Waals surface area contributed by atoms with Crippen molar-refractivity contribution in [2.75, 3.05) is 24.6 Å². The number of phenolic OH excluding ortho intramolecular Hbond substituents is 1. The minimum absolute atomic E-state index is 0.00482. The molecule has 2 amide bonds. The summed E-state index contributed by atoms with van der Waals surface area (Å²) in [7, 11) is 3.69. The fourth-order valence-corrected chi connectivity index (χ4v) is 6.29. The van der Waals surface area contributed by atoms with Gasteiger partial charge in [-0.15, -0.1) is 0 Å². The number of aromatic nitrogens is 2. The van der Waals surface area contributed by atoms with Gasteiger partial charge in [-0.25, -0.2) is 0 Å². The Hall–Kier alpha value is -4.97. The number of hydrogen-bond donors (Lipinski definition) is 1. The van der Waals surface area contributed by atoms with Crippen LogP contribution in [0.25, 0.3) is 11.3 Å². The lowest BCUT2D eigenvalue weighted by Gasteiger charge is -2.32. The number of carbonyl (C=O) groups excluding carboxylic acids is 2. The molecule has 1 fully saturated rings. The van der Waals surface area contributed by atoms with Crippen molar-refractivity contribution in [3.63, 3.8) is 0 Å². The standard InChI is InChI=1S/C34H35N5O4/c1-21-28-19-31(37(21)4)26-7-5-6-8-27(26)33(41)38-14-11-23(12-15-38)13-16-43-32-18-25(40)9-10-29(32)39(34(28)42)30-17-24(20-35)36(3)22(30)2/h5-10,17-19,23,40H,11-16H2,1-4H3. The Morgan fingerprint density at radius 2 is 1.56 bits per heavy atom. The molecule has 0 aliphatic carbocycles. The maximum Gasteiger partial charge on any atom is 0.264 e. The van der Waals surface area contributed by atoms with Gasteiger partial charge in [0.15, 0.2) is 0 Å². The topological polar surface area (TPSA) is 104 Å². The van der Waals surface area contributed by atoms with E-state index < -0.39 is 0 Å². The van der Waals surface area contributed by atoms with E-state index >= 15 is 0 Å². The van der Waals surface area contributed by atoms with Crippen LogP contribution >= 0.6 is 0 Å². The van der Waals surface area contributed by atoms with Crippen LogP contribution in [0.2, 0.25) is 0 Å². The zero-order chi connectivity index (χ0) is 30.4. The number of amides is 2. The minimum atomic E-state index is -0.315. The fourth-order valence-electron chi connectivity index (χ4n) is 6.29. The monoisotopic (exact) mass is 577 g/mol. The molecule has 0 saturated carbocycles. The van der Waals surface area contributed by atoms with Crippen molar-refractivity contribution in [3.8, 4) is 28.8 Å². The van der Waals surface area contributed by atoms with Crippen molar-refractivity contribution in [2.45, 2.75) is 33.1 Å². The molecule has 2 aromatic carbocycles. The number of aromatic hydroxyl groups is 1. The first kappa shape index (κ1) is 28.2. The molecule has 0 unspecified atom stereocenters. The first-order chi connectivity index (χ1) is 20.7. The third-order valence-corrected chi connectivity index (χ3v) is 9.14. The summed E-state index contributed by atoms with van der Waals surface area (Å²) >= 11 is 0. The summed E-state index contributed by atoms with van der Waals surface area (Å²) in [5.74, 6) is 0.479. The number of ether oxygens (including phenoxy) is 1. The maximum absolute atomic E-state index is 14.7. The van der Waals surface area contributed by atoms with E-state index in [0.29, 0.717) is 59.6 Å². The van der Waals surface area contributed by atoms with Gasteiger partial charge < -0.3 is 23.9 Å². The molecule has 9 heteroatoms. The highest BCUT2D eigenvalue weighted by Gasteiger charge is 2.32. The number of hydrogen-bond acceptors (Lipinski definition) is 5. The number of phenols is 1. The van der Waals surface area contributed by atoms with E-state index in [1.807, 2.05) is 60.7 Å². The van der Waals surface area contributed by atoms with Crippen molar-refractivity contribution >= 4 is 23.2 Å². The molecule has 2 aromatic heterocycles. The van der Waals surface area contributed by atoms with Gasteiger partial charge >= 0.3 is 0 Å². The normalized spacial score (nSPS) is 16.0. The Bertz CT molecular complexity index is 1780. The average molecular weight is 578 g/mol. The van der Waals surface area contributed by atoms with Gasteiger partial charge in [-0.05, 0) is 69.4 Å². The first-order valence-corrected chi connectivity index (χ1v) is 14.6. The number of benzene rings is 2. The van der Waals surface area contributed by atoms with Gasteiger partial charge in [-0.3, -0.25) is 14.5 Å². The zero-order valence-electron chi connectivity index (χ0n) is 24.9. The second kappa shape index (κ2) is 11.0. The zero-order valence-corrected chi connectivity index (χ0v) is 24.9.